The van der Waals surface area contributed by atoms with Gasteiger partial charge in [0.05, 0.1) is 10.7 Å². The highest BCUT2D eigenvalue weighted by atomic mass is 32.1. The van der Waals surface area contributed by atoms with Crippen LogP contribution in [0.3, 0.4) is 0 Å². The van der Waals surface area contributed by atoms with Crippen molar-refractivity contribution in [2.45, 2.75) is 46.6 Å². The normalized spacial score (nSPS) is 13.8. The van der Waals surface area contributed by atoms with E-state index in [1.165, 1.54) is 5.01 Å². The lowest BCUT2D eigenvalue weighted by atomic mass is 10.0. The van der Waals surface area contributed by atoms with E-state index in [-0.39, 0.29) is 6.04 Å². The number of hydrogen-bond acceptors (Lipinski definition) is 3. The molecule has 1 rings (SSSR count). The van der Waals surface area contributed by atoms with Crippen molar-refractivity contribution in [1.82, 2.24) is 4.98 Å². The van der Waals surface area contributed by atoms with Gasteiger partial charge in [0.2, 0.25) is 0 Å². The molecule has 1 aromatic rings. The maximum atomic E-state index is 6.02. The number of nitrogens with two attached hydrogens (primary N) is 1. The molecule has 1 heterocycles. The fourth-order valence-corrected chi connectivity index (χ4v) is 2.38. The van der Waals surface area contributed by atoms with Crippen molar-refractivity contribution in [2.75, 3.05) is 0 Å². The molecule has 0 saturated carbocycles. The molecule has 0 aliphatic carbocycles. The summed E-state index contributed by atoms with van der Waals surface area (Å²) in [5, 5.41) is 3.40. The molecule has 2 N–H and O–H groups in total. The average molecular weight is 226 g/mol. The molecule has 0 aromatic carbocycles. The van der Waals surface area contributed by atoms with Crippen LogP contribution in [0.5, 0.6) is 0 Å². The minimum absolute atomic E-state index is 0.235. The highest BCUT2D eigenvalue weighted by Crippen LogP contribution is 2.16. The van der Waals surface area contributed by atoms with E-state index < -0.39 is 0 Å². The fourth-order valence-electron chi connectivity index (χ4n) is 1.36. The first-order valence-corrected chi connectivity index (χ1v) is 6.56. The summed E-state index contributed by atoms with van der Waals surface area (Å²) in [6.07, 6.45) is 1.99. The monoisotopic (exact) mass is 226 g/mol. The lowest BCUT2D eigenvalue weighted by Gasteiger charge is -2.13. The van der Waals surface area contributed by atoms with E-state index in [4.69, 9.17) is 5.73 Å². The molecular formula is C12H22N2S. The van der Waals surface area contributed by atoms with Gasteiger partial charge in [-0.1, -0.05) is 27.7 Å². The second-order valence-electron chi connectivity index (χ2n) is 4.94. The van der Waals surface area contributed by atoms with Crippen LogP contribution < -0.4 is 5.73 Å². The second kappa shape index (κ2) is 5.61. The zero-order valence-electron chi connectivity index (χ0n) is 10.2. The molecule has 1 aromatic heterocycles. The highest BCUT2D eigenvalue weighted by molar-refractivity contribution is 7.09. The number of aromatic nitrogens is 1. The van der Waals surface area contributed by atoms with Crippen LogP contribution >= 0.6 is 11.3 Å². The Morgan fingerprint density at radius 3 is 2.47 bits per heavy atom. The second-order valence-corrected chi connectivity index (χ2v) is 5.89. The molecule has 15 heavy (non-hydrogen) atoms. The standard InChI is InChI=1S/C12H22N2S/c1-8(2)5-12-14-10(7-15-12)6-11(13)9(3)4/h7-9,11H,5-6,13H2,1-4H3. The number of thiazole rings is 1. The van der Waals surface area contributed by atoms with Gasteiger partial charge in [-0.2, -0.15) is 0 Å². The van der Waals surface area contributed by atoms with Crippen LogP contribution in [0.15, 0.2) is 5.38 Å². The third-order valence-corrected chi connectivity index (χ3v) is 3.40. The molecule has 0 bridgehead atoms. The van der Waals surface area contributed by atoms with Crippen LogP contribution in [0.1, 0.15) is 38.4 Å². The summed E-state index contributed by atoms with van der Waals surface area (Å²) in [4.78, 5) is 4.61. The predicted molar refractivity (Wildman–Crippen MR) is 67.2 cm³/mol. The molecular weight excluding hydrogens is 204 g/mol. The van der Waals surface area contributed by atoms with E-state index in [9.17, 15) is 0 Å². The Hall–Kier alpha value is -0.410. The molecule has 1 atom stereocenters. The van der Waals surface area contributed by atoms with Gasteiger partial charge in [0, 0.05) is 24.3 Å². The van der Waals surface area contributed by atoms with Gasteiger partial charge in [-0.15, -0.1) is 11.3 Å². The van der Waals surface area contributed by atoms with Crippen LogP contribution in [-0.4, -0.2) is 11.0 Å². The lowest BCUT2D eigenvalue weighted by molar-refractivity contribution is 0.486. The Kier molecular flexibility index (Phi) is 4.74. The Bertz CT molecular complexity index is 292. The third kappa shape index (κ3) is 4.31. The Balaban J connectivity index is 2.53. The minimum atomic E-state index is 0.235. The first-order chi connectivity index (χ1) is 6.99. The van der Waals surface area contributed by atoms with Gasteiger partial charge in [-0.3, -0.25) is 0 Å². The quantitative estimate of drug-likeness (QED) is 0.838. The van der Waals surface area contributed by atoms with Crippen molar-refractivity contribution in [3.63, 3.8) is 0 Å². The summed E-state index contributed by atoms with van der Waals surface area (Å²) < 4.78 is 0. The van der Waals surface area contributed by atoms with E-state index in [1.54, 1.807) is 11.3 Å². The summed E-state index contributed by atoms with van der Waals surface area (Å²) in [5.74, 6) is 1.21. The maximum Gasteiger partial charge on any atom is 0.0930 e. The molecule has 1 unspecified atom stereocenters. The number of rotatable bonds is 5. The highest BCUT2D eigenvalue weighted by Gasteiger charge is 2.11. The third-order valence-electron chi connectivity index (χ3n) is 2.48. The summed E-state index contributed by atoms with van der Waals surface area (Å²) in [6.45, 7) is 8.76. The fraction of sp³-hybridized carbons (Fsp3) is 0.750. The molecule has 0 saturated heterocycles. The zero-order chi connectivity index (χ0) is 11.4. The first kappa shape index (κ1) is 12.7. The lowest BCUT2D eigenvalue weighted by Crippen LogP contribution is -2.28. The van der Waals surface area contributed by atoms with Crippen LogP contribution in [0, 0.1) is 11.8 Å². The van der Waals surface area contributed by atoms with Crippen LogP contribution in [-0.2, 0) is 12.8 Å². The van der Waals surface area contributed by atoms with Crippen LogP contribution in [0.25, 0.3) is 0 Å². The largest absolute Gasteiger partial charge is 0.327 e. The molecule has 0 aliphatic rings. The van der Waals surface area contributed by atoms with Crippen LogP contribution in [0.2, 0.25) is 0 Å². The van der Waals surface area contributed by atoms with Crippen molar-refractivity contribution in [1.29, 1.82) is 0 Å². The summed E-state index contributed by atoms with van der Waals surface area (Å²) >= 11 is 1.76. The van der Waals surface area contributed by atoms with E-state index in [2.05, 4.69) is 38.1 Å². The minimum Gasteiger partial charge on any atom is -0.327 e. The SMILES string of the molecule is CC(C)Cc1nc(CC(N)C(C)C)cs1. The smallest absolute Gasteiger partial charge is 0.0930 e. The first-order valence-electron chi connectivity index (χ1n) is 5.68. The summed E-state index contributed by atoms with van der Waals surface area (Å²) in [6, 6.07) is 0.235. The Morgan fingerprint density at radius 2 is 1.93 bits per heavy atom. The van der Waals surface area contributed by atoms with Gasteiger partial charge in [0.1, 0.15) is 0 Å². The van der Waals surface area contributed by atoms with Crippen molar-refractivity contribution in [3.05, 3.63) is 16.1 Å². The van der Waals surface area contributed by atoms with Gasteiger partial charge in [-0.05, 0) is 11.8 Å². The molecule has 86 valence electrons. The van der Waals surface area contributed by atoms with Crippen molar-refractivity contribution >= 4 is 11.3 Å². The van der Waals surface area contributed by atoms with E-state index in [1.807, 2.05) is 0 Å². The van der Waals surface area contributed by atoms with Gasteiger partial charge in [-0.25, -0.2) is 4.98 Å². The zero-order valence-corrected chi connectivity index (χ0v) is 11.0. The van der Waals surface area contributed by atoms with Crippen LogP contribution in [0.4, 0.5) is 0 Å². The predicted octanol–water partition coefficient (Wildman–Crippen LogP) is 2.87. The summed E-state index contributed by atoms with van der Waals surface area (Å²) in [7, 11) is 0. The average Bonchev–Trinajstić information content (AvgIpc) is 2.51. The topological polar surface area (TPSA) is 38.9 Å². The van der Waals surface area contributed by atoms with Gasteiger partial charge in [0.15, 0.2) is 0 Å². The Morgan fingerprint density at radius 1 is 1.27 bits per heavy atom. The molecule has 0 fully saturated rings. The van der Waals surface area contributed by atoms with Gasteiger partial charge in [0.25, 0.3) is 0 Å². The molecule has 0 aliphatic heterocycles. The van der Waals surface area contributed by atoms with Crippen molar-refractivity contribution in [2.24, 2.45) is 17.6 Å². The van der Waals surface area contributed by atoms with Gasteiger partial charge >= 0.3 is 0 Å². The number of nitrogens with zero attached hydrogens (tertiary/aromatic N) is 1. The van der Waals surface area contributed by atoms with Gasteiger partial charge < -0.3 is 5.73 Å². The maximum absolute atomic E-state index is 6.02. The molecule has 3 heteroatoms. The van der Waals surface area contributed by atoms with Crippen molar-refractivity contribution < 1.29 is 0 Å². The van der Waals surface area contributed by atoms with E-state index >= 15 is 0 Å². The molecule has 0 radical (unpaired) electrons. The summed E-state index contributed by atoms with van der Waals surface area (Å²) in [5.41, 5.74) is 7.19. The van der Waals surface area contributed by atoms with E-state index in [0.29, 0.717) is 11.8 Å². The molecule has 0 spiro atoms. The Labute approximate surface area is 96.9 Å². The molecule has 2 nitrogen and oxygen atoms in total. The van der Waals surface area contributed by atoms with Crippen molar-refractivity contribution in [3.8, 4) is 0 Å². The molecule has 0 amide bonds. The number of hydrogen-bond donors (Lipinski definition) is 1. The van der Waals surface area contributed by atoms with E-state index in [0.717, 1.165) is 18.5 Å².